The van der Waals surface area contributed by atoms with Crippen molar-refractivity contribution in [3.8, 4) is 5.75 Å². The zero-order chi connectivity index (χ0) is 15.2. The Hall–Kier alpha value is -2.04. The van der Waals surface area contributed by atoms with E-state index in [0.717, 1.165) is 12.8 Å². The SMILES string of the molecule is CN1C(=O)C(C)(C)COc2ccc(NC(=O)C3CC3)cc21. The fraction of sp³-hybridized carbons (Fsp3) is 0.500. The number of nitrogens with one attached hydrogen (secondary N) is 1. The summed E-state index contributed by atoms with van der Waals surface area (Å²) in [7, 11) is 1.74. The van der Waals surface area contributed by atoms with E-state index in [4.69, 9.17) is 4.74 Å². The van der Waals surface area contributed by atoms with Crippen molar-refractivity contribution >= 4 is 23.2 Å². The average Bonchev–Trinajstić information content (AvgIpc) is 3.28. The molecule has 0 atom stereocenters. The number of ether oxygens (including phenoxy) is 1. The molecule has 1 heterocycles. The van der Waals surface area contributed by atoms with Crippen LogP contribution in [0.4, 0.5) is 11.4 Å². The number of carbonyl (C=O) groups excluding carboxylic acids is 2. The molecular formula is C16H20N2O3. The predicted molar refractivity (Wildman–Crippen MR) is 80.5 cm³/mol. The number of anilines is 2. The van der Waals surface area contributed by atoms with Gasteiger partial charge in [0.15, 0.2) is 0 Å². The van der Waals surface area contributed by atoms with Crippen molar-refractivity contribution in [3.05, 3.63) is 18.2 Å². The summed E-state index contributed by atoms with van der Waals surface area (Å²) in [5, 5.41) is 2.90. The molecule has 0 spiro atoms. The highest BCUT2D eigenvalue weighted by atomic mass is 16.5. The number of rotatable bonds is 2. The molecule has 0 bridgehead atoms. The molecule has 2 aliphatic rings. The van der Waals surface area contributed by atoms with Crippen molar-refractivity contribution in [2.24, 2.45) is 11.3 Å². The van der Waals surface area contributed by atoms with Crippen LogP contribution in [0, 0.1) is 11.3 Å². The van der Waals surface area contributed by atoms with Crippen LogP contribution in [0.3, 0.4) is 0 Å². The second-order valence-electron chi connectivity index (χ2n) is 6.48. The van der Waals surface area contributed by atoms with Gasteiger partial charge in [0.1, 0.15) is 12.4 Å². The summed E-state index contributed by atoms with van der Waals surface area (Å²) in [6, 6.07) is 5.42. The van der Waals surface area contributed by atoms with E-state index < -0.39 is 5.41 Å². The lowest BCUT2D eigenvalue weighted by Crippen LogP contribution is -2.39. The molecule has 21 heavy (non-hydrogen) atoms. The first-order valence-corrected chi connectivity index (χ1v) is 7.24. The molecule has 112 valence electrons. The monoisotopic (exact) mass is 288 g/mol. The number of fused-ring (bicyclic) bond motifs is 1. The van der Waals surface area contributed by atoms with Gasteiger partial charge in [0.05, 0.1) is 11.1 Å². The van der Waals surface area contributed by atoms with Crippen LogP contribution in [-0.4, -0.2) is 25.5 Å². The molecule has 5 nitrogen and oxygen atoms in total. The van der Waals surface area contributed by atoms with Gasteiger partial charge in [-0.25, -0.2) is 0 Å². The van der Waals surface area contributed by atoms with Gasteiger partial charge >= 0.3 is 0 Å². The number of benzene rings is 1. The van der Waals surface area contributed by atoms with Crippen molar-refractivity contribution in [3.63, 3.8) is 0 Å². The standard InChI is InChI=1S/C16H20N2O3/c1-16(2)9-21-13-7-6-11(17-14(19)10-4-5-10)8-12(13)18(3)15(16)20/h6-8,10H,4-5,9H2,1-3H3,(H,17,19). The van der Waals surface area contributed by atoms with Gasteiger partial charge in [-0.3, -0.25) is 9.59 Å². The predicted octanol–water partition coefficient (Wildman–Crippen LogP) is 2.42. The van der Waals surface area contributed by atoms with Crippen molar-refractivity contribution in [2.75, 3.05) is 23.9 Å². The Morgan fingerprint density at radius 2 is 2.10 bits per heavy atom. The molecule has 1 aliphatic heterocycles. The summed E-state index contributed by atoms with van der Waals surface area (Å²) in [5.41, 5.74) is 0.832. The van der Waals surface area contributed by atoms with Crippen LogP contribution >= 0.6 is 0 Å². The van der Waals surface area contributed by atoms with Gasteiger partial charge in [0, 0.05) is 18.7 Å². The fourth-order valence-corrected chi connectivity index (χ4v) is 2.45. The molecule has 0 radical (unpaired) electrons. The van der Waals surface area contributed by atoms with E-state index in [2.05, 4.69) is 5.32 Å². The van der Waals surface area contributed by atoms with E-state index in [1.165, 1.54) is 0 Å². The van der Waals surface area contributed by atoms with Crippen LogP contribution in [0.1, 0.15) is 26.7 Å². The van der Waals surface area contributed by atoms with Crippen LogP contribution < -0.4 is 15.0 Å². The van der Waals surface area contributed by atoms with Gasteiger partial charge in [-0.1, -0.05) is 0 Å². The van der Waals surface area contributed by atoms with Crippen LogP contribution in [0.2, 0.25) is 0 Å². The van der Waals surface area contributed by atoms with E-state index in [0.29, 0.717) is 23.7 Å². The van der Waals surface area contributed by atoms with Gasteiger partial charge in [0.2, 0.25) is 11.8 Å². The van der Waals surface area contributed by atoms with Crippen LogP contribution in [-0.2, 0) is 9.59 Å². The first-order chi connectivity index (χ1) is 9.88. The number of nitrogens with zero attached hydrogens (tertiary/aromatic N) is 1. The number of carbonyl (C=O) groups is 2. The molecule has 1 aliphatic carbocycles. The summed E-state index contributed by atoms with van der Waals surface area (Å²) < 4.78 is 5.75. The van der Waals surface area contributed by atoms with Gasteiger partial charge in [-0.2, -0.15) is 0 Å². The first-order valence-electron chi connectivity index (χ1n) is 7.24. The smallest absolute Gasteiger partial charge is 0.235 e. The minimum atomic E-state index is -0.564. The molecule has 1 fully saturated rings. The Bertz CT molecular complexity index is 606. The second-order valence-corrected chi connectivity index (χ2v) is 6.48. The lowest BCUT2D eigenvalue weighted by atomic mass is 9.93. The molecule has 0 unspecified atom stereocenters. The van der Waals surface area contributed by atoms with E-state index in [-0.39, 0.29) is 17.7 Å². The highest BCUT2D eigenvalue weighted by molar-refractivity contribution is 6.00. The zero-order valence-corrected chi connectivity index (χ0v) is 12.6. The highest BCUT2D eigenvalue weighted by Gasteiger charge is 2.36. The van der Waals surface area contributed by atoms with Crippen LogP contribution in [0.25, 0.3) is 0 Å². The zero-order valence-electron chi connectivity index (χ0n) is 12.6. The molecule has 1 aromatic rings. The lowest BCUT2D eigenvalue weighted by molar-refractivity contribution is -0.127. The molecule has 5 heteroatoms. The van der Waals surface area contributed by atoms with Crippen molar-refractivity contribution in [1.82, 2.24) is 0 Å². The summed E-state index contributed by atoms with van der Waals surface area (Å²) in [6.45, 7) is 4.08. The first kappa shape index (κ1) is 13.9. The summed E-state index contributed by atoms with van der Waals surface area (Å²) in [4.78, 5) is 25.9. The third-order valence-corrected chi connectivity index (χ3v) is 4.01. The number of amides is 2. The Balaban J connectivity index is 1.89. The Morgan fingerprint density at radius 1 is 1.38 bits per heavy atom. The molecule has 0 saturated heterocycles. The van der Waals surface area contributed by atoms with E-state index in [1.54, 1.807) is 18.0 Å². The maximum absolute atomic E-state index is 12.4. The Labute approximate surface area is 124 Å². The highest BCUT2D eigenvalue weighted by Crippen LogP contribution is 2.38. The summed E-state index contributed by atoms with van der Waals surface area (Å²) in [6.07, 6.45) is 1.93. The van der Waals surface area contributed by atoms with Gasteiger partial charge < -0.3 is 15.0 Å². The largest absolute Gasteiger partial charge is 0.490 e. The van der Waals surface area contributed by atoms with Gasteiger partial charge in [0.25, 0.3) is 0 Å². The molecular weight excluding hydrogens is 268 g/mol. The van der Waals surface area contributed by atoms with E-state index >= 15 is 0 Å². The van der Waals surface area contributed by atoms with E-state index in [1.807, 2.05) is 26.0 Å². The summed E-state index contributed by atoms with van der Waals surface area (Å²) >= 11 is 0. The molecule has 1 aromatic carbocycles. The molecule has 1 N–H and O–H groups in total. The average molecular weight is 288 g/mol. The Kier molecular flexibility index (Phi) is 3.15. The van der Waals surface area contributed by atoms with Crippen molar-refractivity contribution in [1.29, 1.82) is 0 Å². The van der Waals surface area contributed by atoms with E-state index in [9.17, 15) is 9.59 Å². The lowest BCUT2D eigenvalue weighted by Gasteiger charge is -2.24. The summed E-state index contributed by atoms with van der Waals surface area (Å²) in [5.74, 6) is 0.880. The molecule has 1 saturated carbocycles. The maximum Gasteiger partial charge on any atom is 0.235 e. The topological polar surface area (TPSA) is 58.6 Å². The maximum atomic E-state index is 12.4. The molecule has 3 rings (SSSR count). The quantitative estimate of drug-likeness (QED) is 0.909. The number of hydrogen-bond donors (Lipinski definition) is 1. The second kappa shape index (κ2) is 4.76. The van der Waals surface area contributed by atoms with Crippen molar-refractivity contribution < 1.29 is 14.3 Å². The molecule has 0 aromatic heterocycles. The minimum Gasteiger partial charge on any atom is -0.490 e. The van der Waals surface area contributed by atoms with Crippen LogP contribution in [0.15, 0.2) is 18.2 Å². The Morgan fingerprint density at radius 3 is 2.76 bits per heavy atom. The van der Waals surface area contributed by atoms with Crippen molar-refractivity contribution in [2.45, 2.75) is 26.7 Å². The third-order valence-electron chi connectivity index (χ3n) is 4.01. The molecule has 2 amide bonds. The van der Waals surface area contributed by atoms with Gasteiger partial charge in [-0.15, -0.1) is 0 Å². The normalized spacial score (nSPS) is 20.3. The third kappa shape index (κ3) is 2.60. The van der Waals surface area contributed by atoms with Gasteiger partial charge in [-0.05, 0) is 44.9 Å². The minimum absolute atomic E-state index is 0.00641. The van der Waals surface area contributed by atoms with Crippen LogP contribution in [0.5, 0.6) is 5.75 Å². The number of hydrogen-bond acceptors (Lipinski definition) is 3. The fourth-order valence-electron chi connectivity index (χ4n) is 2.45.